The maximum Gasteiger partial charge on any atom is 0.332 e. The predicted molar refractivity (Wildman–Crippen MR) is 105 cm³/mol. The number of hydrogen-bond acceptors (Lipinski definition) is 6. The fourth-order valence-corrected chi connectivity index (χ4v) is 3.59. The molecule has 0 aromatic carbocycles. The molecule has 0 spiro atoms. The van der Waals surface area contributed by atoms with Crippen molar-refractivity contribution in [2.75, 3.05) is 13.1 Å². The lowest BCUT2D eigenvalue weighted by Crippen LogP contribution is -2.43. The van der Waals surface area contributed by atoms with Crippen molar-refractivity contribution < 1.29 is 9.53 Å². The number of fused-ring (bicyclic) bond motifs is 1. The Labute approximate surface area is 166 Å². The van der Waals surface area contributed by atoms with Crippen LogP contribution in [0.4, 0.5) is 0 Å². The van der Waals surface area contributed by atoms with E-state index in [0.29, 0.717) is 13.1 Å². The maximum atomic E-state index is 12.8. The van der Waals surface area contributed by atoms with E-state index in [1.807, 2.05) is 12.1 Å². The Kier molecular flexibility index (Phi) is 4.91. The van der Waals surface area contributed by atoms with Crippen LogP contribution in [0.25, 0.3) is 11.2 Å². The van der Waals surface area contributed by atoms with Crippen molar-refractivity contribution in [1.82, 2.24) is 28.6 Å². The fraction of sp³-hybridized carbons (Fsp3) is 0.421. The number of carbonyl (C=O) groups excluding carboxylic acids is 1. The quantitative estimate of drug-likeness (QED) is 0.608. The standard InChI is InChI=1S/C19H22N6O4/c1-22-17-16(18(27)23(2)19(22)28)25(12-21-17)11-15(26)24-8-5-13(6-9-24)29-14-4-3-7-20-10-14/h3-4,7,10,12-13H,5-6,8-9,11H2,1-2H3. The van der Waals surface area contributed by atoms with Crippen molar-refractivity contribution in [1.29, 1.82) is 0 Å². The van der Waals surface area contributed by atoms with E-state index in [4.69, 9.17) is 4.74 Å². The third-order valence-electron chi connectivity index (χ3n) is 5.25. The first-order valence-corrected chi connectivity index (χ1v) is 9.41. The van der Waals surface area contributed by atoms with E-state index in [1.165, 1.54) is 22.5 Å². The summed E-state index contributed by atoms with van der Waals surface area (Å²) >= 11 is 0. The molecule has 3 aromatic heterocycles. The van der Waals surface area contributed by atoms with Gasteiger partial charge in [-0.1, -0.05) is 0 Å². The minimum atomic E-state index is -0.461. The molecule has 1 amide bonds. The highest BCUT2D eigenvalue weighted by Crippen LogP contribution is 2.18. The molecule has 0 radical (unpaired) electrons. The van der Waals surface area contributed by atoms with Crippen LogP contribution < -0.4 is 16.0 Å². The molecule has 29 heavy (non-hydrogen) atoms. The van der Waals surface area contributed by atoms with Crippen molar-refractivity contribution in [3.05, 3.63) is 51.7 Å². The number of nitrogens with zero attached hydrogens (tertiary/aromatic N) is 6. The molecule has 0 atom stereocenters. The van der Waals surface area contributed by atoms with Crippen LogP contribution in [0.3, 0.4) is 0 Å². The van der Waals surface area contributed by atoms with Crippen molar-refractivity contribution in [3.8, 4) is 5.75 Å². The number of amides is 1. The molecule has 3 aromatic rings. The molecule has 0 aliphatic carbocycles. The van der Waals surface area contributed by atoms with Gasteiger partial charge < -0.3 is 14.2 Å². The number of piperidine rings is 1. The van der Waals surface area contributed by atoms with Gasteiger partial charge in [0.15, 0.2) is 11.2 Å². The monoisotopic (exact) mass is 398 g/mol. The Hall–Kier alpha value is -3.43. The largest absolute Gasteiger partial charge is 0.489 e. The summed E-state index contributed by atoms with van der Waals surface area (Å²) in [4.78, 5) is 47.3. The number of pyridine rings is 1. The van der Waals surface area contributed by atoms with Crippen molar-refractivity contribution >= 4 is 17.1 Å². The van der Waals surface area contributed by atoms with Crippen LogP contribution in [-0.2, 0) is 25.4 Å². The average molecular weight is 398 g/mol. The Morgan fingerprint density at radius 3 is 2.66 bits per heavy atom. The Morgan fingerprint density at radius 2 is 1.97 bits per heavy atom. The number of rotatable bonds is 4. The molecule has 1 saturated heterocycles. The summed E-state index contributed by atoms with van der Waals surface area (Å²) < 4.78 is 9.74. The molecule has 0 N–H and O–H groups in total. The molecular weight excluding hydrogens is 376 g/mol. The van der Waals surface area contributed by atoms with Crippen LogP contribution in [0.2, 0.25) is 0 Å². The summed E-state index contributed by atoms with van der Waals surface area (Å²) in [5.74, 6) is 0.628. The SMILES string of the molecule is Cn1c(=O)c2c(ncn2CC(=O)N2CCC(Oc3cccnc3)CC2)n(C)c1=O. The van der Waals surface area contributed by atoms with Crippen LogP contribution in [0.5, 0.6) is 5.75 Å². The Morgan fingerprint density at radius 1 is 1.21 bits per heavy atom. The fourth-order valence-electron chi connectivity index (χ4n) is 3.59. The average Bonchev–Trinajstić information content (AvgIpc) is 3.15. The number of aryl methyl sites for hydroxylation is 1. The number of likely N-dealkylation sites (tertiary alicyclic amines) is 1. The van der Waals surface area contributed by atoms with Crippen LogP contribution >= 0.6 is 0 Å². The first-order chi connectivity index (χ1) is 14.0. The summed E-state index contributed by atoms with van der Waals surface area (Å²) in [5, 5.41) is 0. The van der Waals surface area contributed by atoms with E-state index >= 15 is 0 Å². The van der Waals surface area contributed by atoms with Crippen molar-refractivity contribution in [3.63, 3.8) is 0 Å². The molecule has 0 unspecified atom stereocenters. The molecule has 0 saturated carbocycles. The van der Waals surface area contributed by atoms with Gasteiger partial charge in [0.05, 0.1) is 12.5 Å². The highest BCUT2D eigenvalue weighted by Gasteiger charge is 2.25. The molecule has 0 bridgehead atoms. The second-order valence-corrected chi connectivity index (χ2v) is 7.14. The van der Waals surface area contributed by atoms with Gasteiger partial charge >= 0.3 is 5.69 Å². The summed E-state index contributed by atoms with van der Waals surface area (Å²) in [6.45, 7) is 1.15. The highest BCUT2D eigenvalue weighted by atomic mass is 16.5. The van der Waals surface area contributed by atoms with Gasteiger partial charge in [-0.2, -0.15) is 0 Å². The highest BCUT2D eigenvalue weighted by molar-refractivity contribution is 5.79. The molecular formula is C19H22N6O4. The molecule has 10 nitrogen and oxygen atoms in total. The summed E-state index contributed by atoms with van der Waals surface area (Å²) in [6, 6.07) is 3.69. The number of carbonyl (C=O) groups is 1. The van der Waals surface area contributed by atoms with Gasteiger partial charge in [0.25, 0.3) is 5.56 Å². The summed E-state index contributed by atoms with van der Waals surface area (Å²) in [6.07, 6.45) is 6.29. The van der Waals surface area contributed by atoms with Gasteiger partial charge in [0.2, 0.25) is 5.91 Å². The smallest absolute Gasteiger partial charge is 0.332 e. The zero-order chi connectivity index (χ0) is 20.5. The minimum absolute atomic E-state index is 0.00191. The van der Waals surface area contributed by atoms with E-state index in [9.17, 15) is 14.4 Å². The lowest BCUT2D eigenvalue weighted by Gasteiger charge is -2.32. The van der Waals surface area contributed by atoms with Crippen LogP contribution in [0.15, 0.2) is 40.4 Å². The number of aromatic nitrogens is 5. The first-order valence-electron chi connectivity index (χ1n) is 9.41. The number of hydrogen-bond donors (Lipinski definition) is 0. The van der Waals surface area contributed by atoms with Gasteiger partial charge in [-0.25, -0.2) is 9.78 Å². The van der Waals surface area contributed by atoms with Crippen LogP contribution in [0.1, 0.15) is 12.8 Å². The van der Waals surface area contributed by atoms with Crippen LogP contribution in [0, 0.1) is 0 Å². The Bertz CT molecular complexity index is 1160. The van der Waals surface area contributed by atoms with Crippen LogP contribution in [-0.4, -0.2) is 53.7 Å². The summed E-state index contributed by atoms with van der Waals surface area (Å²) in [7, 11) is 2.96. The molecule has 1 aliphatic rings. The molecule has 4 heterocycles. The topological polar surface area (TPSA) is 104 Å². The molecule has 10 heteroatoms. The number of imidazole rings is 1. The third-order valence-corrected chi connectivity index (χ3v) is 5.25. The predicted octanol–water partition coefficient (Wildman–Crippen LogP) is -0.101. The van der Waals surface area contributed by atoms with Crippen molar-refractivity contribution in [2.24, 2.45) is 14.1 Å². The minimum Gasteiger partial charge on any atom is -0.489 e. The molecule has 152 valence electrons. The Balaban J connectivity index is 1.44. The van der Waals surface area contributed by atoms with Gasteiger partial charge in [-0.05, 0) is 12.1 Å². The lowest BCUT2D eigenvalue weighted by atomic mass is 10.1. The van der Waals surface area contributed by atoms with Gasteiger partial charge in [0, 0.05) is 46.2 Å². The molecule has 1 fully saturated rings. The van der Waals surface area contributed by atoms with Gasteiger partial charge in [0.1, 0.15) is 18.4 Å². The van der Waals surface area contributed by atoms with E-state index in [1.54, 1.807) is 24.3 Å². The van der Waals surface area contributed by atoms with Crippen molar-refractivity contribution in [2.45, 2.75) is 25.5 Å². The second-order valence-electron chi connectivity index (χ2n) is 7.14. The van der Waals surface area contributed by atoms with E-state index in [2.05, 4.69) is 9.97 Å². The maximum absolute atomic E-state index is 12.8. The zero-order valence-corrected chi connectivity index (χ0v) is 16.3. The molecule has 4 rings (SSSR count). The normalized spacial score (nSPS) is 15.0. The summed E-state index contributed by atoms with van der Waals surface area (Å²) in [5.41, 5.74) is -0.390. The van der Waals surface area contributed by atoms with E-state index in [-0.39, 0.29) is 29.7 Å². The molecule has 1 aliphatic heterocycles. The second kappa shape index (κ2) is 7.53. The van der Waals surface area contributed by atoms with E-state index in [0.717, 1.165) is 23.2 Å². The number of ether oxygens (including phenoxy) is 1. The zero-order valence-electron chi connectivity index (χ0n) is 16.3. The lowest BCUT2D eigenvalue weighted by molar-refractivity contribution is -0.133. The third kappa shape index (κ3) is 3.53. The first kappa shape index (κ1) is 18.9. The van der Waals surface area contributed by atoms with Gasteiger partial charge in [-0.3, -0.25) is 23.7 Å². The van der Waals surface area contributed by atoms with E-state index < -0.39 is 11.2 Å². The van der Waals surface area contributed by atoms with Gasteiger partial charge in [-0.15, -0.1) is 0 Å².